The zero-order chi connectivity index (χ0) is 13.9. The molecule has 1 fully saturated rings. The van der Waals surface area contributed by atoms with E-state index < -0.39 is 0 Å². The van der Waals surface area contributed by atoms with E-state index in [4.69, 9.17) is 11.5 Å². The number of anilines is 2. The Hall–Kier alpha value is -2.11. The van der Waals surface area contributed by atoms with Crippen molar-refractivity contribution in [1.82, 2.24) is 20.2 Å². The number of hydrogen-bond donors (Lipinski definition) is 2. The van der Waals surface area contributed by atoms with Gasteiger partial charge in [-0.2, -0.15) is 0 Å². The van der Waals surface area contributed by atoms with Crippen molar-refractivity contribution in [3.05, 3.63) is 18.2 Å². The summed E-state index contributed by atoms with van der Waals surface area (Å²) in [7, 11) is 0. The standard InChI is InChI=1S/C14H20N6/c15-12-7-11(8-13(16)9-12)14-17-18-19-20(14)6-5-10-3-1-2-4-10/h7-10H,1-6,15-16H2. The Morgan fingerprint density at radius 1 is 1.10 bits per heavy atom. The number of nitrogen functional groups attached to an aromatic ring is 2. The van der Waals surface area contributed by atoms with Gasteiger partial charge in [0.25, 0.3) is 0 Å². The smallest absolute Gasteiger partial charge is 0.182 e. The molecule has 0 saturated heterocycles. The first-order valence-electron chi connectivity index (χ1n) is 7.15. The maximum absolute atomic E-state index is 5.83. The molecule has 1 aromatic carbocycles. The van der Waals surface area contributed by atoms with Crippen LogP contribution in [-0.2, 0) is 6.54 Å². The zero-order valence-corrected chi connectivity index (χ0v) is 11.5. The first-order valence-corrected chi connectivity index (χ1v) is 7.15. The SMILES string of the molecule is Nc1cc(N)cc(-c2nnnn2CCC2CCCC2)c1. The first-order chi connectivity index (χ1) is 9.72. The minimum Gasteiger partial charge on any atom is -0.399 e. The third-order valence-electron chi connectivity index (χ3n) is 3.99. The fourth-order valence-corrected chi connectivity index (χ4v) is 2.97. The molecule has 1 heterocycles. The lowest BCUT2D eigenvalue weighted by Gasteiger charge is -2.10. The van der Waals surface area contributed by atoms with Crippen LogP contribution < -0.4 is 11.5 Å². The highest BCUT2D eigenvalue weighted by Crippen LogP contribution is 2.28. The van der Waals surface area contributed by atoms with E-state index in [1.54, 1.807) is 6.07 Å². The van der Waals surface area contributed by atoms with Crippen LogP contribution in [0.3, 0.4) is 0 Å². The van der Waals surface area contributed by atoms with Gasteiger partial charge in [0.1, 0.15) is 0 Å². The molecule has 1 saturated carbocycles. The molecule has 0 atom stereocenters. The number of aryl methyl sites for hydroxylation is 1. The molecular weight excluding hydrogens is 252 g/mol. The first kappa shape index (κ1) is 12.9. The van der Waals surface area contributed by atoms with Crippen LogP contribution in [0.2, 0.25) is 0 Å². The Kier molecular flexibility index (Phi) is 3.54. The molecule has 6 heteroatoms. The zero-order valence-electron chi connectivity index (χ0n) is 11.5. The molecule has 0 aliphatic heterocycles. The summed E-state index contributed by atoms with van der Waals surface area (Å²) in [6.45, 7) is 0.849. The molecule has 0 bridgehead atoms. The maximum Gasteiger partial charge on any atom is 0.182 e. The van der Waals surface area contributed by atoms with Crippen LogP contribution in [0, 0.1) is 5.92 Å². The summed E-state index contributed by atoms with van der Waals surface area (Å²) >= 11 is 0. The Balaban J connectivity index is 1.78. The summed E-state index contributed by atoms with van der Waals surface area (Å²) in [6.07, 6.45) is 6.53. The molecule has 1 aromatic heterocycles. The number of tetrazole rings is 1. The van der Waals surface area contributed by atoms with Gasteiger partial charge < -0.3 is 11.5 Å². The lowest BCUT2D eigenvalue weighted by atomic mass is 10.0. The van der Waals surface area contributed by atoms with Gasteiger partial charge in [-0.3, -0.25) is 0 Å². The molecule has 0 amide bonds. The largest absolute Gasteiger partial charge is 0.399 e. The van der Waals surface area contributed by atoms with Gasteiger partial charge in [0, 0.05) is 23.5 Å². The summed E-state index contributed by atoms with van der Waals surface area (Å²) in [5.41, 5.74) is 13.8. The quantitative estimate of drug-likeness (QED) is 0.831. The second-order valence-electron chi connectivity index (χ2n) is 5.55. The van der Waals surface area contributed by atoms with E-state index in [1.807, 2.05) is 16.8 Å². The Bertz CT molecular complexity index is 565. The van der Waals surface area contributed by atoms with E-state index in [1.165, 1.54) is 25.7 Å². The van der Waals surface area contributed by atoms with Crippen molar-refractivity contribution in [3.8, 4) is 11.4 Å². The predicted octanol–water partition coefficient (Wildman–Crippen LogP) is 2.08. The molecule has 106 valence electrons. The van der Waals surface area contributed by atoms with Crippen molar-refractivity contribution in [2.75, 3.05) is 11.5 Å². The molecule has 20 heavy (non-hydrogen) atoms. The van der Waals surface area contributed by atoms with Gasteiger partial charge in [-0.1, -0.05) is 25.7 Å². The summed E-state index contributed by atoms with van der Waals surface area (Å²) in [6, 6.07) is 5.44. The summed E-state index contributed by atoms with van der Waals surface area (Å²) in [4.78, 5) is 0. The average molecular weight is 272 g/mol. The van der Waals surface area contributed by atoms with Gasteiger partial charge >= 0.3 is 0 Å². The molecule has 3 rings (SSSR count). The molecule has 6 nitrogen and oxygen atoms in total. The third kappa shape index (κ3) is 2.74. The van der Waals surface area contributed by atoms with E-state index in [9.17, 15) is 0 Å². The van der Waals surface area contributed by atoms with Crippen LogP contribution in [0.25, 0.3) is 11.4 Å². The summed E-state index contributed by atoms with van der Waals surface area (Å²) < 4.78 is 1.85. The number of hydrogen-bond acceptors (Lipinski definition) is 5. The lowest BCUT2D eigenvalue weighted by molar-refractivity contribution is 0.436. The van der Waals surface area contributed by atoms with Gasteiger partial charge in [0.2, 0.25) is 0 Å². The fraction of sp³-hybridized carbons (Fsp3) is 0.500. The van der Waals surface area contributed by atoms with Crippen molar-refractivity contribution in [2.45, 2.75) is 38.6 Å². The van der Waals surface area contributed by atoms with E-state index in [-0.39, 0.29) is 0 Å². The maximum atomic E-state index is 5.83. The van der Waals surface area contributed by atoms with Crippen LogP contribution in [0.4, 0.5) is 11.4 Å². The minimum atomic E-state index is 0.630. The Morgan fingerprint density at radius 2 is 1.80 bits per heavy atom. The number of rotatable bonds is 4. The fourth-order valence-electron chi connectivity index (χ4n) is 2.97. The molecule has 1 aliphatic rings. The van der Waals surface area contributed by atoms with Crippen LogP contribution in [-0.4, -0.2) is 20.2 Å². The number of aromatic nitrogens is 4. The average Bonchev–Trinajstić information content (AvgIpc) is 3.06. The highest BCUT2D eigenvalue weighted by atomic mass is 15.5. The normalized spacial score (nSPS) is 15.8. The van der Waals surface area contributed by atoms with Gasteiger partial charge in [0.15, 0.2) is 5.82 Å². The van der Waals surface area contributed by atoms with E-state index in [2.05, 4.69) is 15.5 Å². The van der Waals surface area contributed by atoms with E-state index >= 15 is 0 Å². The molecule has 1 aliphatic carbocycles. The van der Waals surface area contributed by atoms with E-state index in [0.717, 1.165) is 30.3 Å². The molecule has 4 N–H and O–H groups in total. The highest BCUT2D eigenvalue weighted by Gasteiger charge is 2.16. The second kappa shape index (κ2) is 5.48. The van der Waals surface area contributed by atoms with Crippen LogP contribution in [0.1, 0.15) is 32.1 Å². The van der Waals surface area contributed by atoms with Gasteiger partial charge in [-0.15, -0.1) is 5.10 Å². The van der Waals surface area contributed by atoms with Crippen molar-refractivity contribution >= 4 is 11.4 Å². The van der Waals surface area contributed by atoms with Crippen LogP contribution >= 0.6 is 0 Å². The van der Waals surface area contributed by atoms with Crippen molar-refractivity contribution < 1.29 is 0 Å². The third-order valence-corrected chi connectivity index (χ3v) is 3.99. The van der Waals surface area contributed by atoms with Crippen LogP contribution in [0.15, 0.2) is 18.2 Å². The molecular formula is C14H20N6. The Labute approximate surface area is 118 Å². The predicted molar refractivity (Wildman–Crippen MR) is 78.7 cm³/mol. The van der Waals surface area contributed by atoms with Crippen LogP contribution in [0.5, 0.6) is 0 Å². The molecule has 0 unspecified atom stereocenters. The Morgan fingerprint density at radius 3 is 2.50 bits per heavy atom. The highest BCUT2D eigenvalue weighted by molar-refractivity contribution is 5.67. The van der Waals surface area contributed by atoms with Gasteiger partial charge in [-0.25, -0.2) is 4.68 Å². The topological polar surface area (TPSA) is 95.6 Å². The number of benzene rings is 1. The molecule has 2 aromatic rings. The minimum absolute atomic E-state index is 0.630. The lowest BCUT2D eigenvalue weighted by Crippen LogP contribution is -2.07. The molecule has 0 spiro atoms. The van der Waals surface area contributed by atoms with Crippen molar-refractivity contribution in [2.24, 2.45) is 5.92 Å². The van der Waals surface area contributed by atoms with Gasteiger partial charge in [0.05, 0.1) is 0 Å². The number of nitrogens with zero attached hydrogens (tertiary/aromatic N) is 4. The summed E-state index contributed by atoms with van der Waals surface area (Å²) in [5.74, 6) is 1.56. The monoisotopic (exact) mass is 272 g/mol. The van der Waals surface area contributed by atoms with Crippen molar-refractivity contribution in [1.29, 1.82) is 0 Å². The van der Waals surface area contributed by atoms with Crippen molar-refractivity contribution in [3.63, 3.8) is 0 Å². The molecule has 0 radical (unpaired) electrons. The van der Waals surface area contributed by atoms with E-state index in [0.29, 0.717) is 11.4 Å². The van der Waals surface area contributed by atoms with Gasteiger partial charge in [-0.05, 0) is 41.0 Å². The summed E-state index contributed by atoms with van der Waals surface area (Å²) in [5, 5.41) is 12.0. The number of nitrogens with two attached hydrogens (primary N) is 2. The second-order valence-corrected chi connectivity index (χ2v) is 5.55.